The molecule has 3 heteroatoms. The maximum atomic E-state index is 6.30. The summed E-state index contributed by atoms with van der Waals surface area (Å²) >= 11 is 0.461. The van der Waals surface area contributed by atoms with Crippen molar-refractivity contribution in [1.82, 2.24) is 0 Å². The number of unbranched alkanes of at least 4 members (excludes halogenated alkanes) is 28. The Hall–Kier alpha value is -0.0805. The first-order valence-electron chi connectivity index (χ1n) is 20.5. The van der Waals surface area contributed by atoms with Crippen LogP contribution in [0.25, 0.3) is 0 Å². The SMILES string of the molecule is CCCCCCCCCCCCCCCCCOC(C)c1c[se]cc1C(C)OCCCCCCCCCCCCCCCCC. The molecule has 2 unspecified atom stereocenters. The molecule has 1 aromatic rings. The molecule has 2 nitrogen and oxygen atoms in total. The van der Waals surface area contributed by atoms with Crippen LogP contribution in [0.15, 0.2) is 9.88 Å². The summed E-state index contributed by atoms with van der Waals surface area (Å²) in [6.45, 7) is 10.9. The van der Waals surface area contributed by atoms with Crippen LogP contribution in [0.2, 0.25) is 0 Å². The van der Waals surface area contributed by atoms with E-state index in [0.717, 1.165) is 13.2 Å². The third-order valence-electron chi connectivity index (χ3n) is 9.83. The molecule has 0 fully saturated rings. The van der Waals surface area contributed by atoms with Crippen molar-refractivity contribution in [3.8, 4) is 0 Å². The molecule has 0 amide bonds. The summed E-state index contributed by atoms with van der Waals surface area (Å²) < 4.78 is 12.6. The van der Waals surface area contributed by atoms with E-state index in [1.807, 2.05) is 0 Å². The van der Waals surface area contributed by atoms with Gasteiger partial charge in [-0.15, -0.1) is 0 Å². The Bertz CT molecular complexity index is 644. The van der Waals surface area contributed by atoms with Gasteiger partial charge in [-0.25, -0.2) is 0 Å². The van der Waals surface area contributed by atoms with Crippen LogP contribution in [-0.4, -0.2) is 27.7 Å². The first-order chi connectivity index (χ1) is 22.2. The molecule has 45 heavy (non-hydrogen) atoms. The van der Waals surface area contributed by atoms with Crippen LogP contribution in [-0.2, 0) is 9.47 Å². The third-order valence-corrected chi connectivity index (χ3v) is 11.5. The average molecular weight is 696 g/mol. The smallest absolute Gasteiger partial charge is 0.0654 e. The van der Waals surface area contributed by atoms with Crippen LogP contribution in [0.3, 0.4) is 0 Å². The Kier molecular flexibility index (Phi) is 32.3. The molecule has 0 N–H and O–H groups in total. The van der Waals surface area contributed by atoms with Gasteiger partial charge in [0.25, 0.3) is 0 Å². The van der Waals surface area contributed by atoms with Gasteiger partial charge < -0.3 is 0 Å². The van der Waals surface area contributed by atoms with Gasteiger partial charge in [0.2, 0.25) is 0 Å². The van der Waals surface area contributed by atoms with E-state index in [2.05, 4.69) is 37.6 Å². The molecule has 0 aliphatic rings. The van der Waals surface area contributed by atoms with E-state index in [0.29, 0.717) is 14.5 Å². The molecular formula is C42H80O2Se. The van der Waals surface area contributed by atoms with Crippen molar-refractivity contribution < 1.29 is 9.47 Å². The molecule has 2 atom stereocenters. The summed E-state index contributed by atoms with van der Waals surface area (Å²) in [5.41, 5.74) is 2.81. The Balaban J connectivity index is 1.94. The number of ether oxygens (including phenoxy) is 2. The zero-order chi connectivity index (χ0) is 32.5. The Morgan fingerprint density at radius 2 is 0.600 bits per heavy atom. The number of rotatable bonds is 36. The van der Waals surface area contributed by atoms with Crippen molar-refractivity contribution in [2.45, 2.75) is 233 Å². The van der Waals surface area contributed by atoms with Gasteiger partial charge in [0, 0.05) is 0 Å². The van der Waals surface area contributed by atoms with Crippen LogP contribution >= 0.6 is 0 Å². The van der Waals surface area contributed by atoms with Gasteiger partial charge in [0.1, 0.15) is 0 Å². The predicted octanol–water partition coefficient (Wildman–Crippen LogP) is 14.6. The molecule has 266 valence electrons. The third kappa shape index (κ3) is 26.5. The van der Waals surface area contributed by atoms with E-state index in [1.54, 1.807) is 0 Å². The molecule has 0 spiro atoms. The summed E-state index contributed by atoms with van der Waals surface area (Å²) in [4.78, 5) is 4.85. The van der Waals surface area contributed by atoms with Gasteiger partial charge in [-0.2, -0.15) is 0 Å². The molecule has 0 saturated heterocycles. The van der Waals surface area contributed by atoms with E-state index in [1.165, 1.54) is 204 Å². The fraction of sp³-hybridized carbons (Fsp3) is 0.905. The van der Waals surface area contributed by atoms with Crippen LogP contribution in [0.4, 0.5) is 0 Å². The van der Waals surface area contributed by atoms with Crippen LogP contribution in [0, 0.1) is 0 Å². The minimum atomic E-state index is 0.198. The predicted molar refractivity (Wildman–Crippen MR) is 202 cm³/mol. The number of hydrogen-bond acceptors (Lipinski definition) is 2. The van der Waals surface area contributed by atoms with E-state index in [9.17, 15) is 0 Å². The average Bonchev–Trinajstić information content (AvgIpc) is 3.55. The molecule has 1 rings (SSSR count). The quantitative estimate of drug-likeness (QED) is 0.0514. The monoisotopic (exact) mass is 697 g/mol. The summed E-state index contributed by atoms with van der Waals surface area (Å²) in [5, 5.41) is 0. The molecule has 0 aromatic carbocycles. The van der Waals surface area contributed by atoms with E-state index in [-0.39, 0.29) is 12.2 Å². The minimum absolute atomic E-state index is 0.198. The van der Waals surface area contributed by atoms with Gasteiger partial charge in [0.05, 0.1) is 0 Å². The zero-order valence-electron chi connectivity index (χ0n) is 31.2. The Morgan fingerprint density at radius 1 is 0.378 bits per heavy atom. The molecular weight excluding hydrogens is 615 g/mol. The summed E-state index contributed by atoms with van der Waals surface area (Å²) in [6, 6.07) is 0. The second kappa shape index (κ2) is 33.8. The van der Waals surface area contributed by atoms with Crippen molar-refractivity contribution in [3.63, 3.8) is 0 Å². The standard InChI is InChI=1S/C42H80O2Se/c1-5-7-9-11-13-15-17-19-21-23-25-27-29-31-33-35-43-39(3)41-37-45-38-42(41)40(4)44-36-34-32-30-28-26-24-22-20-18-16-14-12-10-8-6-2/h37-40H,5-36H2,1-4H3. The summed E-state index contributed by atoms with van der Waals surface area (Å²) in [5.74, 6) is 0. The Morgan fingerprint density at radius 3 is 0.844 bits per heavy atom. The molecule has 0 bridgehead atoms. The molecule has 0 aliphatic carbocycles. The summed E-state index contributed by atoms with van der Waals surface area (Å²) in [6.07, 6.45) is 42.7. The molecule has 1 aromatic heterocycles. The van der Waals surface area contributed by atoms with Crippen LogP contribution in [0.5, 0.6) is 0 Å². The van der Waals surface area contributed by atoms with Crippen LogP contribution in [0.1, 0.15) is 244 Å². The summed E-state index contributed by atoms with van der Waals surface area (Å²) in [7, 11) is 0. The fourth-order valence-corrected chi connectivity index (χ4v) is 8.76. The molecule has 1 heterocycles. The number of hydrogen-bond donors (Lipinski definition) is 0. The topological polar surface area (TPSA) is 18.5 Å². The van der Waals surface area contributed by atoms with Gasteiger partial charge in [-0.05, 0) is 0 Å². The van der Waals surface area contributed by atoms with Crippen LogP contribution < -0.4 is 0 Å². The fourth-order valence-electron chi connectivity index (χ4n) is 6.62. The molecule has 0 saturated carbocycles. The van der Waals surface area contributed by atoms with E-state index < -0.39 is 0 Å². The first kappa shape index (κ1) is 42.9. The second-order valence-corrected chi connectivity index (χ2v) is 15.8. The van der Waals surface area contributed by atoms with Crippen molar-refractivity contribution in [3.05, 3.63) is 21.0 Å². The van der Waals surface area contributed by atoms with Crippen molar-refractivity contribution in [2.24, 2.45) is 0 Å². The minimum Gasteiger partial charge on any atom is -0.0654 e. The maximum absolute atomic E-state index is 6.30. The van der Waals surface area contributed by atoms with Crippen molar-refractivity contribution in [1.29, 1.82) is 0 Å². The normalized spacial score (nSPS) is 13.1. The van der Waals surface area contributed by atoms with E-state index >= 15 is 0 Å². The van der Waals surface area contributed by atoms with Gasteiger partial charge in [-0.3, -0.25) is 0 Å². The van der Waals surface area contributed by atoms with Crippen molar-refractivity contribution >= 4 is 14.5 Å². The zero-order valence-corrected chi connectivity index (χ0v) is 32.9. The van der Waals surface area contributed by atoms with E-state index in [4.69, 9.17) is 9.47 Å². The Labute approximate surface area is 289 Å². The molecule has 0 radical (unpaired) electrons. The van der Waals surface area contributed by atoms with Crippen molar-refractivity contribution in [2.75, 3.05) is 13.2 Å². The second-order valence-electron chi connectivity index (χ2n) is 14.2. The first-order valence-corrected chi connectivity index (χ1v) is 22.5. The van der Waals surface area contributed by atoms with Gasteiger partial charge >= 0.3 is 174 Å². The van der Waals surface area contributed by atoms with Gasteiger partial charge in [-0.1, -0.05) is 117 Å². The molecule has 0 aliphatic heterocycles. The van der Waals surface area contributed by atoms with Gasteiger partial charge in [0.15, 0.2) is 0 Å².